The van der Waals surface area contributed by atoms with E-state index < -0.39 is 8.24 Å². The van der Waals surface area contributed by atoms with Crippen LogP contribution in [0.25, 0.3) is 0 Å². The molecule has 60 valence electrons. The van der Waals surface area contributed by atoms with Crippen molar-refractivity contribution >= 4 is 23.8 Å². The van der Waals surface area contributed by atoms with E-state index in [9.17, 15) is 0 Å². The Bertz CT molecular complexity index is 221. The fraction of sp³-hybridized carbons (Fsp3) is 0.250. The molecule has 1 aromatic rings. The van der Waals surface area contributed by atoms with Crippen molar-refractivity contribution in [3.63, 3.8) is 0 Å². The minimum absolute atomic E-state index is 1.09. The van der Waals surface area contributed by atoms with E-state index in [1.165, 1.54) is 5.19 Å². The molecule has 1 nitrogen and oxygen atoms in total. The van der Waals surface area contributed by atoms with Crippen LogP contribution in [-0.4, -0.2) is 18.6 Å². The van der Waals surface area contributed by atoms with E-state index in [1.807, 2.05) is 0 Å². The molecule has 0 atom stereocenters. The molecule has 0 bridgehead atoms. The molecule has 11 heavy (non-hydrogen) atoms. The first-order chi connectivity index (χ1) is 5.17. The van der Waals surface area contributed by atoms with Gasteiger partial charge in [0.2, 0.25) is 0 Å². The Labute approximate surface area is 72.4 Å². The number of benzene rings is 1. The van der Waals surface area contributed by atoms with E-state index in [0.29, 0.717) is 0 Å². The number of rotatable bonds is 2. The summed E-state index contributed by atoms with van der Waals surface area (Å²) in [6.45, 7) is 4.69. The summed E-state index contributed by atoms with van der Waals surface area (Å²) < 4.78 is 3.54. The third-order valence-corrected chi connectivity index (χ3v) is 8.90. The van der Waals surface area contributed by atoms with E-state index in [2.05, 4.69) is 48.1 Å². The van der Waals surface area contributed by atoms with Crippen LogP contribution in [0.5, 0.6) is 0 Å². The highest BCUT2D eigenvalue weighted by Crippen LogP contribution is 1.96. The highest BCUT2D eigenvalue weighted by atomic mass is 28.4. The third kappa shape index (κ3) is 2.02. The van der Waals surface area contributed by atoms with Gasteiger partial charge in [0.25, 0.3) is 0 Å². The predicted molar refractivity (Wildman–Crippen MR) is 56.6 cm³/mol. The zero-order chi connectivity index (χ0) is 8.32. The lowest BCUT2D eigenvalue weighted by Gasteiger charge is -2.21. The van der Waals surface area contributed by atoms with Crippen LogP contribution >= 0.6 is 0 Å². The molecular weight excluding hydrogens is 166 g/mol. The van der Waals surface area contributed by atoms with Crippen molar-refractivity contribution in [3.8, 4) is 0 Å². The van der Waals surface area contributed by atoms with Crippen LogP contribution in [0, 0.1) is 0 Å². The maximum Gasteiger partial charge on any atom is 0.144 e. The molecule has 0 amide bonds. The quantitative estimate of drug-likeness (QED) is 0.632. The fourth-order valence-electron chi connectivity index (χ4n) is 0.999. The SMILES string of the molecule is C[Si](C)(N[SiH3])c1ccccc1. The van der Waals surface area contributed by atoms with Crippen molar-refractivity contribution in [2.24, 2.45) is 0 Å². The van der Waals surface area contributed by atoms with E-state index in [4.69, 9.17) is 0 Å². The van der Waals surface area contributed by atoms with Gasteiger partial charge in [-0.2, -0.15) is 0 Å². The average molecular weight is 181 g/mol. The molecule has 1 N–H and O–H groups in total. The van der Waals surface area contributed by atoms with Crippen molar-refractivity contribution in [2.75, 3.05) is 0 Å². The van der Waals surface area contributed by atoms with Gasteiger partial charge < -0.3 is 4.65 Å². The molecule has 0 saturated carbocycles. The topological polar surface area (TPSA) is 12.0 Å². The summed E-state index contributed by atoms with van der Waals surface area (Å²) in [5.74, 6) is 0. The van der Waals surface area contributed by atoms with Gasteiger partial charge in [-0.15, -0.1) is 0 Å². The van der Waals surface area contributed by atoms with Crippen LogP contribution in [0.15, 0.2) is 30.3 Å². The third-order valence-electron chi connectivity index (χ3n) is 2.12. The molecule has 0 fully saturated rings. The first kappa shape index (κ1) is 8.71. The van der Waals surface area contributed by atoms with Crippen LogP contribution < -0.4 is 9.83 Å². The Hall–Kier alpha value is -0.386. The largest absolute Gasteiger partial charge is 0.363 e. The van der Waals surface area contributed by atoms with Gasteiger partial charge in [0.1, 0.15) is 8.24 Å². The zero-order valence-electron chi connectivity index (χ0n) is 7.39. The lowest BCUT2D eigenvalue weighted by molar-refractivity contribution is 1.46. The Morgan fingerprint density at radius 3 is 2.18 bits per heavy atom. The zero-order valence-corrected chi connectivity index (χ0v) is 10.4. The molecule has 1 rings (SSSR count). The molecule has 0 aliphatic heterocycles. The normalized spacial score (nSPS) is 11.8. The van der Waals surface area contributed by atoms with Crippen molar-refractivity contribution in [1.82, 2.24) is 4.65 Å². The molecule has 0 radical (unpaired) electrons. The number of nitrogens with one attached hydrogen (secondary N) is 1. The summed E-state index contributed by atoms with van der Waals surface area (Å²) in [6, 6.07) is 10.7. The first-order valence-electron chi connectivity index (χ1n) is 3.91. The Balaban J connectivity index is 2.93. The van der Waals surface area contributed by atoms with Crippen LogP contribution in [-0.2, 0) is 0 Å². The van der Waals surface area contributed by atoms with Crippen molar-refractivity contribution < 1.29 is 0 Å². The van der Waals surface area contributed by atoms with E-state index in [1.54, 1.807) is 0 Å². The van der Waals surface area contributed by atoms with Crippen LogP contribution in [0.4, 0.5) is 0 Å². The molecule has 3 heteroatoms. The van der Waals surface area contributed by atoms with Crippen LogP contribution in [0.1, 0.15) is 0 Å². The number of hydrogen-bond acceptors (Lipinski definition) is 1. The average Bonchev–Trinajstić information content (AvgIpc) is 2.06. The Kier molecular flexibility index (Phi) is 2.64. The second-order valence-electron chi connectivity index (χ2n) is 3.24. The van der Waals surface area contributed by atoms with E-state index >= 15 is 0 Å². The van der Waals surface area contributed by atoms with E-state index in [-0.39, 0.29) is 0 Å². The monoisotopic (exact) mass is 181 g/mol. The molecule has 0 aliphatic carbocycles. The lowest BCUT2D eigenvalue weighted by atomic mass is 10.4. The maximum atomic E-state index is 3.54. The second kappa shape index (κ2) is 3.34. The molecular formula is C8H15NSi2. The summed E-state index contributed by atoms with van der Waals surface area (Å²) in [5, 5.41) is 1.50. The van der Waals surface area contributed by atoms with Gasteiger partial charge in [-0.25, -0.2) is 0 Å². The highest BCUT2D eigenvalue weighted by Gasteiger charge is 2.19. The highest BCUT2D eigenvalue weighted by molar-refractivity contribution is 6.90. The van der Waals surface area contributed by atoms with Crippen LogP contribution in [0.3, 0.4) is 0 Å². The number of hydrogen-bond donors (Lipinski definition) is 1. The summed E-state index contributed by atoms with van der Waals surface area (Å²) in [4.78, 5) is 0. The van der Waals surface area contributed by atoms with Crippen molar-refractivity contribution in [1.29, 1.82) is 0 Å². The summed E-state index contributed by atoms with van der Waals surface area (Å²) in [7, 11) is -0.148. The van der Waals surface area contributed by atoms with Crippen molar-refractivity contribution in [3.05, 3.63) is 30.3 Å². The summed E-state index contributed by atoms with van der Waals surface area (Å²) in [6.07, 6.45) is 0. The van der Waals surface area contributed by atoms with Gasteiger partial charge in [-0.05, 0) is 5.19 Å². The molecule has 0 saturated heterocycles. The fourth-order valence-corrected chi connectivity index (χ4v) is 3.18. The molecule has 0 aromatic heterocycles. The van der Waals surface area contributed by atoms with Gasteiger partial charge in [-0.1, -0.05) is 43.4 Å². The minimum atomic E-state index is -1.24. The van der Waals surface area contributed by atoms with Gasteiger partial charge in [0.05, 0.1) is 10.4 Å². The van der Waals surface area contributed by atoms with Gasteiger partial charge in [0, 0.05) is 0 Å². The lowest BCUT2D eigenvalue weighted by Crippen LogP contribution is -2.54. The molecule has 0 aliphatic rings. The molecule has 1 aromatic carbocycles. The van der Waals surface area contributed by atoms with E-state index in [0.717, 1.165) is 10.4 Å². The first-order valence-corrected chi connectivity index (χ1v) is 7.91. The molecule has 0 spiro atoms. The van der Waals surface area contributed by atoms with Crippen LogP contribution in [0.2, 0.25) is 13.1 Å². The maximum absolute atomic E-state index is 3.54. The Morgan fingerprint density at radius 2 is 1.73 bits per heavy atom. The summed E-state index contributed by atoms with van der Waals surface area (Å²) >= 11 is 0. The van der Waals surface area contributed by atoms with Gasteiger partial charge in [0.15, 0.2) is 0 Å². The van der Waals surface area contributed by atoms with Crippen molar-refractivity contribution in [2.45, 2.75) is 13.1 Å². The Morgan fingerprint density at radius 1 is 1.18 bits per heavy atom. The summed E-state index contributed by atoms with van der Waals surface area (Å²) in [5.41, 5.74) is 0. The predicted octanol–water partition coefficient (Wildman–Crippen LogP) is -0.0313. The molecule has 0 unspecified atom stereocenters. The van der Waals surface area contributed by atoms with Gasteiger partial charge >= 0.3 is 0 Å². The minimum Gasteiger partial charge on any atom is -0.363 e. The second-order valence-corrected chi connectivity index (χ2v) is 9.07. The standard InChI is InChI=1S/C8H15NSi2/c1-11(2,9-10)8-6-4-3-5-7-8/h3-7,9H,1-2,10H3. The molecule has 0 heterocycles. The smallest absolute Gasteiger partial charge is 0.144 e. The van der Waals surface area contributed by atoms with Gasteiger partial charge in [-0.3, -0.25) is 0 Å².